The number of amides is 1. The van der Waals surface area contributed by atoms with Gasteiger partial charge in [0.25, 0.3) is 0 Å². The molecule has 0 saturated carbocycles. The summed E-state index contributed by atoms with van der Waals surface area (Å²) in [4.78, 5) is 31.9. The third kappa shape index (κ3) is 3.22. The zero-order valence-corrected chi connectivity index (χ0v) is 17.6. The quantitative estimate of drug-likeness (QED) is 0.436. The summed E-state index contributed by atoms with van der Waals surface area (Å²) in [6, 6.07) is 18.0. The molecule has 0 atom stereocenters. The highest BCUT2D eigenvalue weighted by Gasteiger charge is 2.29. The molecule has 0 aliphatic carbocycles. The number of aromatic nitrogens is 2. The van der Waals surface area contributed by atoms with E-state index in [1.54, 1.807) is 11.1 Å². The number of nitrogens with zero attached hydrogens (tertiary/aromatic N) is 3. The molecule has 1 aromatic heterocycles. The van der Waals surface area contributed by atoms with Crippen molar-refractivity contribution in [2.24, 2.45) is 0 Å². The molecule has 3 aromatic carbocycles. The van der Waals surface area contributed by atoms with Gasteiger partial charge in [-0.1, -0.05) is 30.3 Å². The van der Waals surface area contributed by atoms with Crippen molar-refractivity contribution in [1.82, 2.24) is 9.55 Å². The molecule has 5 heteroatoms. The molecule has 0 saturated heterocycles. The van der Waals surface area contributed by atoms with E-state index in [2.05, 4.69) is 16.5 Å². The first-order valence-corrected chi connectivity index (χ1v) is 10.5. The number of carbonyl (C=O) groups is 2. The number of rotatable bonds is 3. The SMILES string of the molecule is CCn1ccnc1-c1ccc(N2C(=O)CC(=O)Cc3c2ccc2ccccc32)cc1C. The summed E-state index contributed by atoms with van der Waals surface area (Å²) in [5.41, 5.74) is 4.54. The maximum atomic E-state index is 13.1. The predicted molar refractivity (Wildman–Crippen MR) is 122 cm³/mol. The number of fused-ring (bicyclic) bond motifs is 3. The molecule has 0 N–H and O–H groups in total. The first-order chi connectivity index (χ1) is 15.1. The maximum absolute atomic E-state index is 13.1. The van der Waals surface area contributed by atoms with Gasteiger partial charge in [0.05, 0.1) is 12.1 Å². The highest BCUT2D eigenvalue weighted by atomic mass is 16.2. The predicted octanol–water partition coefficient (Wildman–Crippen LogP) is 5.21. The van der Waals surface area contributed by atoms with E-state index in [1.807, 2.05) is 67.7 Å². The van der Waals surface area contributed by atoms with E-state index in [9.17, 15) is 9.59 Å². The molecule has 0 fully saturated rings. The molecular weight excluding hydrogens is 386 g/mol. The van der Waals surface area contributed by atoms with Gasteiger partial charge < -0.3 is 4.57 Å². The standard InChI is InChI=1S/C26H23N3O2/c1-3-28-13-12-27-26(28)21-10-9-19(14-17(21)2)29-24-11-8-18-6-4-5-7-22(18)23(24)15-20(30)16-25(29)31/h4-14H,3,15-16H2,1-2H3. The van der Waals surface area contributed by atoms with Crippen LogP contribution in [0.4, 0.5) is 11.4 Å². The van der Waals surface area contributed by atoms with Crippen molar-refractivity contribution in [2.75, 3.05) is 4.90 Å². The summed E-state index contributed by atoms with van der Waals surface area (Å²) in [6.45, 7) is 4.95. The van der Waals surface area contributed by atoms with Crippen LogP contribution in [0.5, 0.6) is 0 Å². The molecule has 4 aromatic rings. The number of benzene rings is 3. The Kier molecular flexibility index (Phi) is 4.66. The first kappa shape index (κ1) is 19.2. The Morgan fingerprint density at radius 3 is 2.65 bits per heavy atom. The van der Waals surface area contributed by atoms with E-state index in [0.717, 1.165) is 51.2 Å². The van der Waals surface area contributed by atoms with Gasteiger partial charge in [0, 0.05) is 36.6 Å². The summed E-state index contributed by atoms with van der Waals surface area (Å²) < 4.78 is 2.10. The molecule has 154 valence electrons. The molecule has 5 nitrogen and oxygen atoms in total. The molecule has 1 aliphatic heterocycles. The number of Topliss-reactive ketones (excluding diaryl/α,β-unsaturated/α-hetero) is 1. The van der Waals surface area contributed by atoms with Crippen LogP contribution in [0.2, 0.25) is 0 Å². The average molecular weight is 409 g/mol. The summed E-state index contributed by atoms with van der Waals surface area (Å²) in [5, 5.41) is 2.09. The van der Waals surface area contributed by atoms with Crippen LogP contribution in [0.1, 0.15) is 24.5 Å². The summed E-state index contributed by atoms with van der Waals surface area (Å²) in [5.74, 6) is 0.667. The van der Waals surface area contributed by atoms with Gasteiger partial charge in [0.1, 0.15) is 11.6 Å². The molecule has 0 spiro atoms. The van der Waals surface area contributed by atoms with E-state index in [0.29, 0.717) is 0 Å². The highest BCUT2D eigenvalue weighted by molar-refractivity contribution is 6.15. The second-order valence-electron chi connectivity index (χ2n) is 7.94. The van der Waals surface area contributed by atoms with Crippen molar-refractivity contribution in [3.8, 4) is 11.4 Å². The van der Waals surface area contributed by atoms with Gasteiger partial charge in [-0.05, 0) is 60.0 Å². The van der Waals surface area contributed by atoms with E-state index >= 15 is 0 Å². The van der Waals surface area contributed by atoms with Crippen LogP contribution in [0.3, 0.4) is 0 Å². The molecule has 0 radical (unpaired) electrons. The summed E-state index contributed by atoms with van der Waals surface area (Å²) in [6.07, 6.45) is 3.94. The van der Waals surface area contributed by atoms with Gasteiger partial charge in [-0.25, -0.2) is 4.98 Å². The third-order valence-electron chi connectivity index (χ3n) is 5.99. The van der Waals surface area contributed by atoms with Crippen LogP contribution in [-0.4, -0.2) is 21.2 Å². The lowest BCUT2D eigenvalue weighted by Gasteiger charge is -2.24. The number of carbonyl (C=O) groups excluding carboxylic acids is 2. The van der Waals surface area contributed by atoms with E-state index < -0.39 is 0 Å². The number of anilines is 2. The average Bonchev–Trinajstić information content (AvgIpc) is 3.18. The van der Waals surface area contributed by atoms with E-state index in [4.69, 9.17) is 0 Å². The molecule has 2 heterocycles. The van der Waals surface area contributed by atoms with Gasteiger partial charge in [-0.2, -0.15) is 0 Å². The van der Waals surface area contributed by atoms with Crippen LogP contribution in [0.15, 0.2) is 67.0 Å². The minimum atomic E-state index is -0.193. The summed E-state index contributed by atoms with van der Waals surface area (Å²) >= 11 is 0. The van der Waals surface area contributed by atoms with Crippen molar-refractivity contribution in [3.63, 3.8) is 0 Å². The van der Waals surface area contributed by atoms with Crippen molar-refractivity contribution >= 4 is 33.8 Å². The molecular formula is C26H23N3O2. The van der Waals surface area contributed by atoms with E-state index in [1.165, 1.54) is 0 Å². The molecule has 0 bridgehead atoms. The fourth-order valence-electron chi connectivity index (χ4n) is 4.49. The van der Waals surface area contributed by atoms with Crippen molar-refractivity contribution < 1.29 is 9.59 Å². The van der Waals surface area contributed by atoms with Crippen LogP contribution in [0, 0.1) is 6.92 Å². The summed E-state index contributed by atoms with van der Waals surface area (Å²) in [7, 11) is 0. The lowest BCUT2D eigenvalue weighted by Crippen LogP contribution is -2.26. The van der Waals surface area contributed by atoms with Crippen LogP contribution in [0.25, 0.3) is 22.2 Å². The smallest absolute Gasteiger partial charge is 0.239 e. The molecule has 31 heavy (non-hydrogen) atoms. The monoisotopic (exact) mass is 409 g/mol. The Bertz CT molecular complexity index is 1340. The normalized spacial score (nSPS) is 14.1. The van der Waals surface area contributed by atoms with Gasteiger partial charge >= 0.3 is 0 Å². The number of imidazole rings is 1. The Morgan fingerprint density at radius 1 is 1.00 bits per heavy atom. The number of hydrogen-bond donors (Lipinski definition) is 0. The fourth-order valence-corrected chi connectivity index (χ4v) is 4.49. The Labute approximate surface area is 180 Å². The topological polar surface area (TPSA) is 55.2 Å². The van der Waals surface area contributed by atoms with Gasteiger partial charge in [0.15, 0.2) is 0 Å². The Hall–Kier alpha value is -3.73. The molecule has 1 amide bonds. The number of ketones is 1. The zero-order valence-electron chi connectivity index (χ0n) is 17.6. The van der Waals surface area contributed by atoms with Gasteiger partial charge in [0.2, 0.25) is 5.91 Å². The third-order valence-corrected chi connectivity index (χ3v) is 5.99. The second-order valence-corrected chi connectivity index (χ2v) is 7.94. The van der Waals surface area contributed by atoms with Crippen molar-refractivity contribution in [2.45, 2.75) is 33.2 Å². The van der Waals surface area contributed by atoms with Crippen molar-refractivity contribution in [1.29, 1.82) is 0 Å². The van der Waals surface area contributed by atoms with E-state index in [-0.39, 0.29) is 24.5 Å². The van der Waals surface area contributed by atoms with Crippen LogP contribution in [-0.2, 0) is 22.6 Å². The largest absolute Gasteiger partial charge is 0.331 e. The van der Waals surface area contributed by atoms with Crippen molar-refractivity contribution in [3.05, 3.63) is 78.1 Å². The molecule has 5 rings (SSSR count). The lowest BCUT2D eigenvalue weighted by atomic mass is 9.98. The second kappa shape index (κ2) is 7.51. The Balaban J connectivity index is 1.66. The van der Waals surface area contributed by atoms with Gasteiger partial charge in [-0.15, -0.1) is 0 Å². The highest BCUT2D eigenvalue weighted by Crippen LogP contribution is 2.38. The number of aryl methyl sites for hydroxylation is 2. The minimum absolute atomic E-state index is 0.0524. The van der Waals surface area contributed by atoms with Crippen LogP contribution < -0.4 is 4.90 Å². The zero-order chi connectivity index (χ0) is 21.5. The first-order valence-electron chi connectivity index (χ1n) is 10.5. The number of hydrogen-bond acceptors (Lipinski definition) is 3. The maximum Gasteiger partial charge on any atom is 0.239 e. The lowest BCUT2D eigenvalue weighted by molar-refractivity contribution is -0.125. The molecule has 1 aliphatic rings. The van der Waals surface area contributed by atoms with Gasteiger partial charge in [-0.3, -0.25) is 14.5 Å². The molecule has 0 unspecified atom stereocenters. The van der Waals surface area contributed by atoms with Crippen LogP contribution >= 0.6 is 0 Å². The Morgan fingerprint density at radius 2 is 1.84 bits per heavy atom. The fraction of sp³-hybridized carbons (Fsp3) is 0.192. The minimum Gasteiger partial charge on any atom is -0.331 e.